The number of rotatable bonds is 5. The lowest BCUT2D eigenvalue weighted by Crippen LogP contribution is -2.18. The Morgan fingerprint density at radius 2 is 1.07 bits per heavy atom. The van der Waals surface area contributed by atoms with E-state index in [1.54, 1.807) is 0 Å². The van der Waals surface area contributed by atoms with Gasteiger partial charge in [0.25, 0.3) is 0 Å². The zero-order valence-electron chi connectivity index (χ0n) is 34.1. The molecule has 280 valence electrons. The monoisotopic (exact) mass is 746 g/mol. The van der Waals surface area contributed by atoms with Crippen molar-refractivity contribution in [3.63, 3.8) is 0 Å². The number of fused-ring (bicyclic) bond motifs is 9. The number of aryl methyl sites for hydroxylation is 2. The minimum absolute atomic E-state index is 0.0784. The number of hydrogen-bond acceptors (Lipinski definition) is 1. The summed E-state index contributed by atoms with van der Waals surface area (Å²) in [6.45, 7) is 14.0. The largest absolute Gasteiger partial charge is 0.310 e. The molecule has 58 heavy (non-hydrogen) atoms. The number of aromatic nitrogens is 1. The molecule has 8 aromatic carbocycles. The minimum atomic E-state index is -0.120. The third kappa shape index (κ3) is 4.97. The van der Waals surface area contributed by atoms with Crippen LogP contribution in [-0.4, -0.2) is 4.57 Å². The van der Waals surface area contributed by atoms with E-state index in [0.717, 1.165) is 17.1 Å². The highest BCUT2D eigenvalue weighted by Crippen LogP contribution is 2.54. The zero-order chi connectivity index (χ0) is 39.5. The molecule has 2 heteroatoms. The molecule has 0 saturated carbocycles. The summed E-state index contributed by atoms with van der Waals surface area (Å²) >= 11 is 0. The van der Waals surface area contributed by atoms with E-state index in [-0.39, 0.29) is 10.8 Å². The van der Waals surface area contributed by atoms with Crippen molar-refractivity contribution in [3.8, 4) is 39.1 Å². The lowest BCUT2D eigenvalue weighted by molar-refractivity contribution is 0.659. The third-order valence-electron chi connectivity index (χ3n) is 13.3. The molecule has 0 atom stereocenters. The minimum Gasteiger partial charge on any atom is -0.310 e. The van der Waals surface area contributed by atoms with Crippen LogP contribution in [-0.2, 0) is 10.8 Å². The highest BCUT2D eigenvalue weighted by molar-refractivity contribution is 6.10. The average molecular weight is 747 g/mol. The molecule has 0 saturated heterocycles. The van der Waals surface area contributed by atoms with Gasteiger partial charge in [0, 0.05) is 44.4 Å². The van der Waals surface area contributed by atoms with Gasteiger partial charge in [0.15, 0.2) is 0 Å². The lowest BCUT2D eigenvalue weighted by atomic mass is 9.81. The fourth-order valence-corrected chi connectivity index (χ4v) is 10.3. The Balaban J connectivity index is 1.13. The first-order valence-corrected chi connectivity index (χ1v) is 20.6. The van der Waals surface area contributed by atoms with Gasteiger partial charge in [-0.15, -0.1) is 0 Å². The molecule has 0 aliphatic heterocycles. The SMILES string of the molecule is Cc1ccc2c(c1)C(C)(C)c1cc(C)c(N(c3cccc(-n4c5ccccc5c5cc(-c6ccccc6)ccc54)c3)c3ccc4c(c3)C(C)(C)c3ccccc3-4)cc1-2. The van der Waals surface area contributed by atoms with E-state index < -0.39 is 0 Å². The first-order chi connectivity index (χ1) is 28.1. The summed E-state index contributed by atoms with van der Waals surface area (Å²) in [4.78, 5) is 2.51. The second-order valence-corrected chi connectivity index (χ2v) is 17.6. The Bertz CT molecular complexity index is 3140. The van der Waals surface area contributed by atoms with Crippen LogP contribution in [0.1, 0.15) is 61.1 Å². The highest BCUT2D eigenvalue weighted by Gasteiger charge is 2.38. The molecule has 1 aromatic heterocycles. The van der Waals surface area contributed by atoms with E-state index >= 15 is 0 Å². The Morgan fingerprint density at radius 3 is 1.93 bits per heavy atom. The summed E-state index contributed by atoms with van der Waals surface area (Å²) in [6, 6.07) is 63.6. The molecule has 1 heterocycles. The van der Waals surface area contributed by atoms with Crippen LogP contribution >= 0.6 is 0 Å². The van der Waals surface area contributed by atoms with Crippen molar-refractivity contribution in [3.05, 3.63) is 203 Å². The smallest absolute Gasteiger partial charge is 0.0541 e. The van der Waals surface area contributed by atoms with Crippen LogP contribution in [0.5, 0.6) is 0 Å². The summed E-state index contributed by atoms with van der Waals surface area (Å²) < 4.78 is 2.44. The molecule has 9 aromatic rings. The van der Waals surface area contributed by atoms with Gasteiger partial charge in [-0.3, -0.25) is 0 Å². The summed E-state index contributed by atoms with van der Waals surface area (Å²) in [5.41, 5.74) is 22.7. The summed E-state index contributed by atoms with van der Waals surface area (Å²) in [6.07, 6.45) is 0. The van der Waals surface area contributed by atoms with Gasteiger partial charge < -0.3 is 9.47 Å². The molecule has 0 fully saturated rings. The molecule has 0 radical (unpaired) electrons. The molecule has 0 bridgehead atoms. The van der Waals surface area contributed by atoms with E-state index in [1.165, 1.54) is 94.3 Å². The van der Waals surface area contributed by atoms with Gasteiger partial charge in [0.1, 0.15) is 0 Å². The normalized spacial score (nSPS) is 14.3. The van der Waals surface area contributed by atoms with Crippen LogP contribution in [0.4, 0.5) is 17.1 Å². The molecule has 0 unspecified atom stereocenters. The van der Waals surface area contributed by atoms with E-state index in [0.29, 0.717) is 0 Å². The summed E-state index contributed by atoms with van der Waals surface area (Å²) in [5.74, 6) is 0. The summed E-state index contributed by atoms with van der Waals surface area (Å²) in [7, 11) is 0. The molecule has 2 nitrogen and oxygen atoms in total. The van der Waals surface area contributed by atoms with Crippen LogP contribution in [0.2, 0.25) is 0 Å². The van der Waals surface area contributed by atoms with Gasteiger partial charge >= 0.3 is 0 Å². The molecular formula is C56H46N2. The van der Waals surface area contributed by atoms with Crippen molar-refractivity contribution < 1.29 is 0 Å². The van der Waals surface area contributed by atoms with Gasteiger partial charge in [-0.05, 0) is 130 Å². The first-order valence-electron chi connectivity index (χ1n) is 20.6. The molecule has 0 amide bonds. The van der Waals surface area contributed by atoms with E-state index in [1.807, 2.05) is 0 Å². The highest BCUT2D eigenvalue weighted by atomic mass is 15.1. The van der Waals surface area contributed by atoms with Crippen LogP contribution < -0.4 is 4.90 Å². The second kappa shape index (κ2) is 12.4. The Morgan fingerprint density at radius 1 is 0.414 bits per heavy atom. The van der Waals surface area contributed by atoms with Crippen molar-refractivity contribution in [2.75, 3.05) is 4.90 Å². The van der Waals surface area contributed by atoms with E-state index in [4.69, 9.17) is 0 Å². The number of benzene rings is 8. The predicted molar refractivity (Wildman–Crippen MR) is 246 cm³/mol. The Labute approximate surface area is 341 Å². The van der Waals surface area contributed by atoms with Crippen molar-refractivity contribution in [2.24, 2.45) is 0 Å². The fourth-order valence-electron chi connectivity index (χ4n) is 10.3. The first kappa shape index (κ1) is 34.6. The Hall–Kier alpha value is -6.64. The van der Waals surface area contributed by atoms with Crippen molar-refractivity contribution in [1.29, 1.82) is 0 Å². The maximum Gasteiger partial charge on any atom is 0.0541 e. The molecule has 0 N–H and O–H groups in total. The Kier molecular flexibility index (Phi) is 7.41. The standard InChI is InChI=1S/C56H46N2/c1-35-23-26-44-46-34-54(36(2)30-50(46)56(5,6)49(44)29-35)57(41-25-27-43-42-19-10-12-21-48(42)55(3,4)51(43)33-41)39-17-14-18-40(32-39)58-52-22-13-11-20-45(52)47-31-38(24-28-53(47)58)37-15-8-7-9-16-37/h7-34H,1-6H3. The van der Waals surface area contributed by atoms with E-state index in [9.17, 15) is 0 Å². The van der Waals surface area contributed by atoms with Crippen molar-refractivity contribution in [1.82, 2.24) is 4.57 Å². The maximum atomic E-state index is 2.51. The predicted octanol–water partition coefficient (Wildman–Crippen LogP) is 15.1. The van der Waals surface area contributed by atoms with Gasteiger partial charge in [-0.1, -0.05) is 149 Å². The van der Waals surface area contributed by atoms with Crippen molar-refractivity contribution >= 4 is 38.9 Å². The van der Waals surface area contributed by atoms with Gasteiger partial charge in [-0.25, -0.2) is 0 Å². The topological polar surface area (TPSA) is 8.17 Å². The molecule has 2 aliphatic carbocycles. The van der Waals surface area contributed by atoms with Crippen molar-refractivity contribution in [2.45, 2.75) is 52.4 Å². The number of para-hydroxylation sites is 1. The molecular weight excluding hydrogens is 701 g/mol. The van der Waals surface area contributed by atoms with Gasteiger partial charge in [0.05, 0.1) is 11.0 Å². The van der Waals surface area contributed by atoms with Crippen LogP contribution in [0.15, 0.2) is 170 Å². The third-order valence-corrected chi connectivity index (χ3v) is 13.3. The second-order valence-electron chi connectivity index (χ2n) is 17.6. The van der Waals surface area contributed by atoms with Crippen LogP contribution in [0.25, 0.3) is 60.9 Å². The number of anilines is 3. The number of hydrogen-bond donors (Lipinski definition) is 0. The van der Waals surface area contributed by atoms with Gasteiger partial charge in [0.2, 0.25) is 0 Å². The van der Waals surface area contributed by atoms with Gasteiger partial charge in [-0.2, -0.15) is 0 Å². The molecule has 0 spiro atoms. The summed E-state index contributed by atoms with van der Waals surface area (Å²) in [5, 5.41) is 2.51. The van der Waals surface area contributed by atoms with E-state index in [2.05, 4.69) is 221 Å². The average Bonchev–Trinajstić information content (AvgIpc) is 3.77. The fraction of sp³-hybridized carbons (Fsp3) is 0.143. The maximum absolute atomic E-state index is 2.51. The number of nitrogens with zero attached hydrogens (tertiary/aromatic N) is 2. The quantitative estimate of drug-likeness (QED) is 0.170. The lowest BCUT2D eigenvalue weighted by Gasteiger charge is -2.31. The zero-order valence-corrected chi connectivity index (χ0v) is 34.1. The molecule has 11 rings (SSSR count). The van der Waals surface area contributed by atoms with Crippen LogP contribution in [0.3, 0.4) is 0 Å². The van der Waals surface area contributed by atoms with Crippen LogP contribution in [0, 0.1) is 13.8 Å². The molecule has 2 aliphatic rings.